The first-order valence-corrected chi connectivity index (χ1v) is 6.77. The van der Waals surface area contributed by atoms with E-state index in [4.69, 9.17) is 5.26 Å². The third kappa shape index (κ3) is 2.80. The van der Waals surface area contributed by atoms with E-state index in [9.17, 15) is 0 Å². The highest BCUT2D eigenvalue weighted by molar-refractivity contribution is 8.03. The SMILES string of the molecule is CC1CCC(c2ccc(SC#N)cc2)CC1. The molecule has 0 radical (unpaired) electrons. The Bertz CT molecular complexity index is 369. The second kappa shape index (κ2) is 5.41. The van der Waals surface area contributed by atoms with Crippen molar-refractivity contribution in [3.63, 3.8) is 0 Å². The van der Waals surface area contributed by atoms with Gasteiger partial charge in [-0.25, -0.2) is 0 Å². The van der Waals surface area contributed by atoms with Crippen LogP contribution in [0.1, 0.15) is 44.1 Å². The van der Waals surface area contributed by atoms with Crippen LogP contribution in [0.15, 0.2) is 29.2 Å². The van der Waals surface area contributed by atoms with Crippen LogP contribution in [0.25, 0.3) is 0 Å². The smallest absolute Gasteiger partial charge is 0.138 e. The van der Waals surface area contributed by atoms with Crippen LogP contribution in [0.5, 0.6) is 0 Å². The third-order valence-electron chi connectivity index (χ3n) is 3.53. The summed E-state index contributed by atoms with van der Waals surface area (Å²) >= 11 is 1.24. The fourth-order valence-corrected chi connectivity index (χ4v) is 2.83. The lowest BCUT2D eigenvalue weighted by Crippen LogP contribution is -2.10. The molecule has 0 aromatic heterocycles. The summed E-state index contributed by atoms with van der Waals surface area (Å²) in [5, 5.41) is 10.7. The van der Waals surface area contributed by atoms with Crippen molar-refractivity contribution in [3.8, 4) is 5.40 Å². The zero-order valence-corrected chi connectivity index (χ0v) is 10.5. The van der Waals surface area contributed by atoms with Gasteiger partial charge in [0.25, 0.3) is 0 Å². The minimum Gasteiger partial charge on any atom is -0.185 e. The van der Waals surface area contributed by atoms with E-state index in [1.54, 1.807) is 0 Å². The molecule has 0 bridgehead atoms. The molecule has 0 aliphatic heterocycles. The van der Waals surface area contributed by atoms with Crippen LogP contribution in [0, 0.1) is 16.6 Å². The molecule has 0 saturated heterocycles. The van der Waals surface area contributed by atoms with Gasteiger partial charge in [-0.1, -0.05) is 31.9 Å². The quantitative estimate of drug-likeness (QED) is 0.550. The number of nitriles is 1. The van der Waals surface area contributed by atoms with Crippen LogP contribution in [0.3, 0.4) is 0 Å². The molecule has 1 aromatic rings. The molecule has 2 heteroatoms. The van der Waals surface area contributed by atoms with E-state index in [0.29, 0.717) is 0 Å². The van der Waals surface area contributed by atoms with Crippen LogP contribution in [-0.4, -0.2) is 0 Å². The molecule has 0 spiro atoms. The fraction of sp³-hybridized carbons (Fsp3) is 0.500. The Morgan fingerprint density at radius 3 is 2.31 bits per heavy atom. The normalized spacial score (nSPS) is 25.0. The van der Waals surface area contributed by atoms with Gasteiger partial charge >= 0.3 is 0 Å². The summed E-state index contributed by atoms with van der Waals surface area (Å²) in [6.45, 7) is 2.35. The number of hydrogen-bond acceptors (Lipinski definition) is 2. The highest BCUT2D eigenvalue weighted by Gasteiger charge is 2.19. The lowest BCUT2D eigenvalue weighted by Gasteiger charge is -2.26. The molecule has 1 aromatic carbocycles. The minimum atomic E-state index is 0.748. The summed E-state index contributed by atoms with van der Waals surface area (Å²) in [6, 6.07) is 8.53. The number of thiocyanates is 1. The van der Waals surface area contributed by atoms with Crippen LogP contribution < -0.4 is 0 Å². The number of rotatable bonds is 2. The fourth-order valence-electron chi connectivity index (χ4n) is 2.45. The number of hydrogen-bond donors (Lipinski definition) is 0. The first-order chi connectivity index (χ1) is 7.79. The molecule has 84 valence electrons. The lowest BCUT2D eigenvalue weighted by molar-refractivity contribution is 0.348. The molecule has 0 unspecified atom stereocenters. The highest BCUT2D eigenvalue weighted by atomic mass is 32.2. The molecule has 0 amide bonds. The molecule has 0 heterocycles. The highest BCUT2D eigenvalue weighted by Crippen LogP contribution is 2.35. The van der Waals surface area contributed by atoms with Crippen molar-refractivity contribution in [2.24, 2.45) is 5.92 Å². The van der Waals surface area contributed by atoms with E-state index >= 15 is 0 Å². The maximum atomic E-state index is 8.58. The van der Waals surface area contributed by atoms with Gasteiger partial charge in [0.15, 0.2) is 0 Å². The molecular formula is C14H17NS. The van der Waals surface area contributed by atoms with Crippen molar-refractivity contribution in [1.29, 1.82) is 5.26 Å². The second-order valence-corrected chi connectivity index (χ2v) is 5.58. The maximum absolute atomic E-state index is 8.58. The van der Waals surface area contributed by atoms with E-state index < -0.39 is 0 Å². The van der Waals surface area contributed by atoms with E-state index in [1.165, 1.54) is 43.0 Å². The monoisotopic (exact) mass is 231 g/mol. The molecule has 0 N–H and O–H groups in total. The van der Waals surface area contributed by atoms with Gasteiger partial charge < -0.3 is 0 Å². The molecule has 1 aliphatic carbocycles. The molecule has 1 saturated carbocycles. The van der Waals surface area contributed by atoms with Crippen molar-refractivity contribution in [2.45, 2.75) is 43.4 Å². The Balaban J connectivity index is 2.02. The van der Waals surface area contributed by atoms with Gasteiger partial charge in [-0.15, -0.1) is 0 Å². The average molecular weight is 231 g/mol. The third-order valence-corrected chi connectivity index (χ3v) is 4.13. The largest absolute Gasteiger partial charge is 0.185 e. The molecule has 0 atom stereocenters. The summed E-state index contributed by atoms with van der Waals surface area (Å²) in [5.74, 6) is 1.65. The summed E-state index contributed by atoms with van der Waals surface area (Å²) in [5.41, 5.74) is 1.45. The van der Waals surface area contributed by atoms with Gasteiger partial charge in [0, 0.05) is 4.90 Å². The van der Waals surface area contributed by atoms with Crippen LogP contribution in [0.2, 0.25) is 0 Å². The Kier molecular flexibility index (Phi) is 3.90. The second-order valence-electron chi connectivity index (χ2n) is 4.72. The van der Waals surface area contributed by atoms with Gasteiger partial charge in [-0.2, -0.15) is 5.26 Å². The minimum absolute atomic E-state index is 0.748. The molecule has 16 heavy (non-hydrogen) atoms. The Morgan fingerprint density at radius 1 is 1.12 bits per heavy atom. The standard InChI is InChI=1S/C14H17NS/c1-11-2-4-12(5-3-11)13-6-8-14(9-7-13)16-10-15/h6-9,11-12H,2-5H2,1H3. The Morgan fingerprint density at radius 2 is 1.75 bits per heavy atom. The zero-order chi connectivity index (χ0) is 11.4. The number of nitrogens with zero attached hydrogens (tertiary/aromatic N) is 1. The van der Waals surface area contributed by atoms with Crippen molar-refractivity contribution < 1.29 is 0 Å². The van der Waals surface area contributed by atoms with E-state index in [1.807, 2.05) is 0 Å². The van der Waals surface area contributed by atoms with Gasteiger partial charge in [0.2, 0.25) is 0 Å². The van der Waals surface area contributed by atoms with E-state index in [-0.39, 0.29) is 0 Å². The first-order valence-electron chi connectivity index (χ1n) is 5.95. The van der Waals surface area contributed by atoms with Gasteiger partial charge in [0.1, 0.15) is 5.40 Å². The average Bonchev–Trinajstić information content (AvgIpc) is 2.32. The number of benzene rings is 1. The predicted molar refractivity (Wildman–Crippen MR) is 68.3 cm³/mol. The Labute approximate surface area is 102 Å². The maximum Gasteiger partial charge on any atom is 0.138 e. The van der Waals surface area contributed by atoms with Crippen molar-refractivity contribution in [1.82, 2.24) is 0 Å². The van der Waals surface area contributed by atoms with Gasteiger partial charge in [0.05, 0.1) is 0 Å². The van der Waals surface area contributed by atoms with Crippen LogP contribution >= 0.6 is 11.8 Å². The molecule has 1 nitrogen and oxygen atoms in total. The van der Waals surface area contributed by atoms with E-state index in [2.05, 4.69) is 36.6 Å². The predicted octanol–water partition coefficient (Wildman–Crippen LogP) is 4.55. The van der Waals surface area contributed by atoms with Crippen molar-refractivity contribution >= 4 is 11.8 Å². The Hall–Kier alpha value is -0.940. The lowest BCUT2D eigenvalue weighted by atomic mass is 9.79. The first kappa shape index (κ1) is 11.5. The topological polar surface area (TPSA) is 23.8 Å². The summed E-state index contributed by atoms with van der Waals surface area (Å²) in [7, 11) is 0. The molecule has 1 aliphatic rings. The number of thioether (sulfide) groups is 1. The van der Waals surface area contributed by atoms with Crippen molar-refractivity contribution in [3.05, 3.63) is 29.8 Å². The summed E-state index contributed by atoms with van der Waals surface area (Å²) < 4.78 is 0. The molecule has 1 fully saturated rings. The van der Waals surface area contributed by atoms with Crippen LogP contribution in [0.4, 0.5) is 0 Å². The van der Waals surface area contributed by atoms with E-state index in [0.717, 1.165) is 16.7 Å². The summed E-state index contributed by atoms with van der Waals surface area (Å²) in [4.78, 5) is 1.05. The molecular weight excluding hydrogens is 214 g/mol. The van der Waals surface area contributed by atoms with Crippen LogP contribution in [-0.2, 0) is 0 Å². The molecule has 2 rings (SSSR count). The zero-order valence-electron chi connectivity index (χ0n) is 9.65. The van der Waals surface area contributed by atoms with Crippen molar-refractivity contribution in [2.75, 3.05) is 0 Å². The van der Waals surface area contributed by atoms with Gasteiger partial charge in [-0.3, -0.25) is 0 Å². The van der Waals surface area contributed by atoms with Gasteiger partial charge in [-0.05, 0) is 54.1 Å². The summed E-state index contributed by atoms with van der Waals surface area (Å²) in [6.07, 6.45) is 5.37.